The van der Waals surface area contributed by atoms with Gasteiger partial charge in [0.05, 0.1) is 0 Å². The number of aromatic carboxylic acids is 1. The Morgan fingerprint density at radius 3 is 2.69 bits per heavy atom. The highest BCUT2D eigenvalue weighted by Gasteiger charge is 2.17. The summed E-state index contributed by atoms with van der Waals surface area (Å²) in [4.78, 5) is 10.9. The summed E-state index contributed by atoms with van der Waals surface area (Å²) in [5, 5.41) is 18.8. The van der Waals surface area contributed by atoms with Gasteiger partial charge in [-0.2, -0.15) is 10.3 Å². The van der Waals surface area contributed by atoms with E-state index in [1.165, 1.54) is 0 Å². The van der Waals surface area contributed by atoms with Crippen molar-refractivity contribution in [2.75, 3.05) is 0 Å². The molecular weight excluding hydrogens is 206 g/mol. The van der Waals surface area contributed by atoms with Gasteiger partial charge in [-0.25, -0.2) is 4.79 Å². The van der Waals surface area contributed by atoms with Crippen molar-refractivity contribution >= 4 is 5.97 Å². The van der Waals surface area contributed by atoms with Crippen LogP contribution in [-0.2, 0) is 0 Å². The number of rotatable bonds is 2. The zero-order valence-electron chi connectivity index (χ0n) is 8.98. The fourth-order valence-electron chi connectivity index (χ4n) is 1.65. The van der Waals surface area contributed by atoms with E-state index in [4.69, 9.17) is 5.11 Å². The molecule has 0 fully saturated rings. The van der Waals surface area contributed by atoms with E-state index >= 15 is 0 Å². The molecule has 0 spiro atoms. The van der Waals surface area contributed by atoms with Crippen LogP contribution in [-0.4, -0.2) is 26.5 Å². The molecule has 2 N–H and O–H groups in total. The van der Waals surface area contributed by atoms with Crippen LogP contribution in [0.2, 0.25) is 0 Å². The van der Waals surface area contributed by atoms with Crippen LogP contribution >= 0.6 is 0 Å². The third-order valence-electron chi connectivity index (χ3n) is 2.39. The molecule has 0 unspecified atom stereocenters. The van der Waals surface area contributed by atoms with Gasteiger partial charge >= 0.3 is 5.97 Å². The second-order valence-corrected chi connectivity index (χ2v) is 3.64. The van der Waals surface area contributed by atoms with Gasteiger partial charge in [0.15, 0.2) is 5.69 Å². The van der Waals surface area contributed by atoms with E-state index in [9.17, 15) is 4.79 Å². The van der Waals surface area contributed by atoms with Crippen LogP contribution in [0.4, 0.5) is 0 Å². The number of nitrogens with zero attached hydrogens (tertiary/aromatic N) is 2. The number of carbonyl (C=O) groups is 1. The Labute approximate surface area is 92.1 Å². The summed E-state index contributed by atoms with van der Waals surface area (Å²) in [6.07, 6.45) is 0. The zero-order valence-corrected chi connectivity index (χ0v) is 8.98. The Morgan fingerprint density at radius 2 is 2.06 bits per heavy atom. The summed E-state index contributed by atoms with van der Waals surface area (Å²) in [7, 11) is 0. The number of carboxylic acid groups (broad SMARTS) is 1. The van der Waals surface area contributed by atoms with Crippen molar-refractivity contribution in [2.24, 2.45) is 0 Å². The first-order valence-corrected chi connectivity index (χ1v) is 4.81. The molecule has 2 aromatic rings. The van der Waals surface area contributed by atoms with Crippen LogP contribution < -0.4 is 0 Å². The lowest BCUT2D eigenvalue weighted by atomic mass is 10.0. The molecule has 16 heavy (non-hydrogen) atoms. The average molecular weight is 217 g/mol. The molecule has 0 aliphatic rings. The molecule has 0 saturated carbocycles. The molecule has 0 amide bonds. The van der Waals surface area contributed by atoms with Crippen LogP contribution in [0.3, 0.4) is 0 Å². The molecule has 0 atom stereocenters. The van der Waals surface area contributed by atoms with Gasteiger partial charge in [-0.3, -0.25) is 0 Å². The molecule has 0 aliphatic heterocycles. The van der Waals surface area contributed by atoms with Crippen molar-refractivity contribution in [2.45, 2.75) is 13.8 Å². The summed E-state index contributed by atoms with van der Waals surface area (Å²) in [5.41, 5.74) is 3.23. The van der Waals surface area contributed by atoms with E-state index in [2.05, 4.69) is 15.4 Å². The summed E-state index contributed by atoms with van der Waals surface area (Å²) < 4.78 is 0. The maximum absolute atomic E-state index is 10.9. The minimum atomic E-state index is -1.08. The van der Waals surface area contributed by atoms with Crippen molar-refractivity contribution in [3.05, 3.63) is 35.0 Å². The third kappa shape index (κ3) is 1.67. The Bertz CT molecular complexity index is 546. The summed E-state index contributed by atoms with van der Waals surface area (Å²) >= 11 is 0. The lowest BCUT2D eigenvalue weighted by Gasteiger charge is -2.03. The van der Waals surface area contributed by atoms with E-state index in [1.54, 1.807) is 0 Å². The summed E-state index contributed by atoms with van der Waals surface area (Å²) in [6.45, 7) is 3.90. The molecule has 1 aromatic heterocycles. The summed E-state index contributed by atoms with van der Waals surface area (Å²) in [5.74, 6) is -1.08. The van der Waals surface area contributed by atoms with Gasteiger partial charge in [0.1, 0.15) is 5.69 Å². The van der Waals surface area contributed by atoms with Crippen LogP contribution in [0.15, 0.2) is 18.2 Å². The quantitative estimate of drug-likeness (QED) is 0.803. The molecule has 0 bridgehead atoms. The first kappa shape index (κ1) is 10.4. The zero-order chi connectivity index (χ0) is 11.7. The number of H-pyrrole nitrogens is 1. The van der Waals surface area contributed by atoms with Crippen molar-refractivity contribution in [1.29, 1.82) is 0 Å². The van der Waals surface area contributed by atoms with E-state index in [0.29, 0.717) is 5.69 Å². The van der Waals surface area contributed by atoms with Gasteiger partial charge in [-0.05, 0) is 19.4 Å². The molecule has 2 rings (SSSR count). The number of carboxylic acids is 1. The number of aromatic amines is 1. The van der Waals surface area contributed by atoms with Crippen molar-refractivity contribution in [3.63, 3.8) is 0 Å². The number of aryl methyl sites for hydroxylation is 2. The van der Waals surface area contributed by atoms with Gasteiger partial charge in [0.25, 0.3) is 0 Å². The number of nitrogens with one attached hydrogen (secondary N) is 1. The maximum Gasteiger partial charge on any atom is 0.358 e. The predicted molar refractivity (Wildman–Crippen MR) is 58.3 cm³/mol. The number of hydrogen-bond acceptors (Lipinski definition) is 3. The molecule has 1 aromatic carbocycles. The van der Waals surface area contributed by atoms with E-state index in [0.717, 1.165) is 16.7 Å². The number of aromatic nitrogens is 3. The van der Waals surface area contributed by atoms with Crippen molar-refractivity contribution < 1.29 is 9.90 Å². The Hall–Kier alpha value is -2.17. The van der Waals surface area contributed by atoms with Crippen LogP contribution in [0.25, 0.3) is 11.3 Å². The second kappa shape index (κ2) is 3.77. The lowest BCUT2D eigenvalue weighted by molar-refractivity contribution is 0.0691. The number of hydrogen-bond donors (Lipinski definition) is 2. The molecule has 0 aliphatic carbocycles. The first-order valence-electron chi connectivity index (χ1n) is 4.81. The summed E-state index contributed by atoms with van der Waals surface area (Å²) in [6, 6.07) is 5.76. The molecule has 0 saturated heterocycles. The fraction of sp³-hybridized carbons (Fsp3) is 0.182. The second-order valence-electron chi connectivity index (χ2n) is 3.64. The molecule has 1 heterocycles. The Kier molecular flexibility index (Phi) is 2.44. The van der Waals surface area contributed by atoms with Gasteiger partial charge in [-0.1, -0.05) is 23.8 Å². The van der Waals surface area contributed by atoms with Gasteiger partial charge in [0, 0.05) is 5.56 Å². The van der Waals surface area contributed by atoms with Crippen molar-refractivity contribution in [1.82, 2.24) is 15.4 Å². The topological polar surface area (TPSA) is 78.9 Å². The maximum atomic E-state index is 10.9. The molecule has 82 valence electrons. The Balaban J connectivity index is 2.59. The van der Waals surface area contributed by atoms with Gasteiger partial charge < -0.3 is 5.11 Å². The third-order valence-corrected chi connectivity index (χ3v) is 2.39. The monoisotopic (exact) mass is 217 g/mol. The normalized spacial score (nSPS) is 10.4. The number of benzene rings is 1. The van der Waals surface area contributed by atoms with Gasteiger partial charge in [-0.15, -0.1) is 5.10 Å². The van der Waals surface area contributed by atoms with Crippen LogP contribution in [0, 0.1) is 13.8 Å². The standard InChI is InChI=1S/C11H11N3O2/c1-6-3-4-8(7(2)5-6)9-10(11(15)16)13-14-12-9/h3-5H,1-2H3,(H,15,16)(H,12,13,14). The minimum absolute atomic E-state index is 0.0491. The average Bonchev–Trinajstić information content (AvgIpc) is 2.66. The molecule has 5 nitrogen and oxygen atoms in total. The lowest BCUT2D eigenvalue weighted by Crippen LogP contribution is -2.00. The highest BCUT2D eigenvalue weighted by Crippen LogP contribution is 2.24. The van der Waals surface area contributed by atoms with E-state index in [-0.39, 0.29) is 5.69 Å². The Morgan fingerprint density at radius 1 is 1.31 bits per heavy atom. The fourth-order valence-corrected chi connectivity index (χ4v) is 1.65. The molecule has 0 radical (unpaired) electrons. The smallest absolute Gasteiger partial charge is 0.358 e. The van der Waals surface area contributed by atoms with E-state index in [1.807, 2.05) is 32.0 Å². The minimum Gasteiger partial charge on any atom is -0.476 e. The molecular formula is C11H11N3O2. The van der Waals surface area contributed by atoms with Crippen LogP contribution in [0.5, 0.6) is 0 Å². The first-order chi connectivity index (χ1) is 7.59. The largest absolute Gasteiger partial charge is 0.476 e. The highest BCUT2D eigenvalue weighted by atomic mass is 16.4. The van der Waals surface area contributed by atoms with E-state index < -0.39 is 5.97 Å². The van der Waals surface area contributed by atoms with Crippen molar-refractivity contribution in [3.8, 4) is 11.3 Å². The SMILES string of the molecule is Cc1ccc(-c2n[nH]nc2C(=O)O)c(C)c1. The molecule has 5 heteroatoms. The van der Waals surface area contributed by atoms with Crippen LogP contribution in [0.1, 0.15) is 21.6 Å². The highest BCUT2D eigenvalue weighted by molar-refractivity contribution is 5.92. The van der Waals surface area contributed by atoms with Gasteiger partial charge in [0.2, 0.25) is 0 Å². The predicted octanol–water partition coefficient (Wildman–Crippen LogP) is 1.79.